The average Bonchev–Trinajstić information content (AvgIpc) is 3.24. The zero-order valence-electron chi connectivity index (χ0n) is 16.3. The number of piperidine rings is 1. The molecule has 0 unspecified atom stereocenters. The molecule has 0 saturated carbocycles. The zero-order chi connectivity index (χ0) is 19.8. The van der Waals surface area contributed by atoms with E-state index in [1.807, 2.05) is 52.3 Å². The van der Waals surface area contributed by atoms with Crippen LogP contribution in [0.3, 0.4) is 0 Å². The third-order valence-electron chi connectivity index (χ3n) is 6.17. The fourth-order valence-corrected chi connectivity index (χ4v) is 4.49. The number of amides is 2. The highest BCUT2D eigenvalue weighted by molar-refractivity contribution is 5.94. The van der Waals surface area contributed by atoms with Gasteiger partial charge in [0.05, 0.1) is 0 Å². The highest BCUT2D eigenvalue weighted by atomic mass is 16.7. The quantitative estimate of drug-likeness (QED) is 0.789. The van der Waals surface area contributed by atoms with E-state index in [1.165, 1.54) is 5.56 Å². The van der Waals surface area contributed by atoms with Gasteiger partial charge in [0.25, 0.3) is 5.91 Å². The fraction of sp³-hybridized carbons (Fsp3) is 0.391. The minimum Gasteiger partial charge on any atom is -0.454 e. The van der Waals surface area contributed by atoms with Gasteiger partial charge in [-0.3, -0.25) is 9.59 Å². The molecule has 3 aliphatic heterocycles. The van der Waals surface area contributed by atoms with Crippen LogP contribution in [0.25, 0.3) is 0 Å². The second-order valence-electron chi connectivity index (χ2n) is 7.92. The van der Waals surface area contributed by atoms with Crippen LogP contribution in [0.15, 0.2) is 42.5 Å². The number of carbonyl (C=O) groups excluding carboxylic acids is 2. The Kier molecular flexibility index (Phi) is 4.62. The van der Waals surface area contributed by atoms with Gasteiger partial charge in [0.15, 0.2) is 11.5 Å². The number of rotatable bonds is 2. The van der Waals surface area contributed by atoms with Crippen LogP contribution < -0.4 is 9.47 Å². The van der Waals surface area contributed by atoms with Gasteiger partial charge in [-0.2, -0.15) is 0 Å². The molecule has 6 heteroatoms. The van der Waals surface area contributed by atoms with E-state index in [2.05, 4.69) is 0 Å². The van der Waals surface area contributed by atoms with Crippen LogP contribution in [-0.4, -0.2) is 48.0 Å². The molecule has 2 aromatic carbocycles. The van der Waals surface area contributed by atoms with Crippen molar-refractivity contribution in [1.82, 2.24) is 9.80 Å². The van der Waals surface area contributed by atoms with Gasteiger partial charge in [-0.05, 0) is 54.7 Å². The van der Waals surface area contributed by atoms with Crippen molar-refractivity contribution in [3.8, 4) is 11.5 Å². The first kappa shape index (κ1) is 18.0. The van der Waals surface area contributed by atoms with E-state index < -0.39 is 0 Å². The zero-order valence-corrected chi connectivity index (χ0v) is 16.3. The second-order valence-corrected chi connectivity index (χ2v) is 7.92. The Hall–Kier alpha value is -3.02. The monoisotopic (exact) mass is 392 g/mol. The number of benzene rings is 2. The molecular formula is C23H24N2O4. The maximum Gasteiger partial charge on any atom is 0.253 e. The van der Waals surface area contributed by atoms with Crippen LogP contribution in [0.5, 0.6) is 11.5 Å². The Morgan fingerprint density at radius 2 is 1.55 bits per heavy atom. The lowest BCUT2D eigenvalue weighted by Gasteiger charge is -2.36. The number of fused-ring (bicyclic) bond motifs is 2. The lowest BCUT2D eigenvalue weighted by molar-refractivity contribution is -0.137. The fourth-order valence-electron chi connectivity index (χ4n) is 4.49. The molecule has 6 nitrogen and oxygen atoms in total. The number of likely N-dealkylation sites (tertiary alicyclic amines) is 1. The molecule has 3 heterocycles. The van der Waals surface area contributed by atoms with Crippen LogP contribution in [0.2, 0.25) is 0 Å². The molecule has 0 bridgehead atoms. The van der Waals surface area contributed by atoms with Crippen molar-refractivity contribution >= 4 is 11.8 Å². The van der Waals surface area contributed by atoms with Crippen LogP contribution >= 0.6 is 0 Å². The molecular weight excluding hydrogens is 368 g/mol. The summed E-state index contributed by atoms with van der Waals surface area (Å²) in [5.41, 5.74) is 3.09. The molecule has 29 heavy (non-hydrogen) atoms. The van der Waals surface area contributed by atoms with Gasteiger partial charge in [0, 0.05) is 37.7 Å². The largest absolute Gasteiger partial charge is 0.454 e. The maximum atomic E-state index is 13.1. The van der Waals surface area contributed by atoms with E-state index in [4.69, 9.17) is 9.47 Å². The normalized spacial score (nSPS) is 18.5. The van der Waals surface area contributed by atoms with E-state index in [1.54, 1.807) is 0 Å². The summed E-state index contributed by atoms with van der Waals surface area (Å²) in [6, 6.07) is 13.4. The van der Waals surface area contributed by atoms with Crippen molar-refractivity contribution in [2.24, 2.45) is 5.92 Å². The first-order valence-electron chi connectivity index (χ1n) is 10.2. The van der Waals surface area contributed by atoms with Crippen molar-refractivity contribution in [1.29, 1.82) is 0 Å². The van der Waals surface area contributed by atoms with E-state index in [9.17, 15) is 9.59 Å². The van der Waals surface area contributed by atoms with Crippen molar-refractivity contribution in [2.45, 2.75) is 25.8 Å². The number of nitrogens with zero attached hydrogens (tertiary/aromatic N) is 2. The van der Waals surface area contributed by atoms with E-state index in [-0.39, 0.29) is 24.5 Å². The third-order valence-corrected chi connectivity index (χ3v) is 6.17. The number of hydrogen-bond donors (Lipinski definition) is 0. The lowest BCUT2D eigenvalue weighted by Crippen LogP contribution is -2.45. The maximum absolute atomic E-state index is 13.1. The van der Waals surface area contributed by atoms with Gasteiger partial charge in [-0.25, -0.2) is 0 Å². The number of hydrogen-bond acceptors (Lipinski definition) is 4. The van der Waals surface area contributed by atoms with Gasteiger partial charge in [-0.15, -0.1) is 0 Å². The summed E-state index contributed by atoms with van der Waals surface area (Å²) in [7, 11) is 0. The molecule has 0 spiro atoms. The second kappa shape index (κ2) is 7.43. The first-order chi connectivity index (χ1) is 14.2. The summed E-state index contributed by atoms with van der Waals surface area (Å²) in [6.07, 6.45) is 2.28. The molecule has 0 radical (unpaired) electrons. The summed E-state index contributed by atoms with van der Waals surface area (Å²) in [5, 5.41) is 0. The van der Waals surface area contributed by atoms with Crippen molar-refractivity contribution in [2.75, 3.05) is 26.4 Å². The van der Waals surface area contributed by atoms with Crippen LogP contribution in [-0.2, 0) is 17.8 Å². The first-order valence-corrected chi connectivity index (χ1v) is 10.2. The Morgan fingerprint density at radius 3 is 2.28 bits per heavy atom. The van der Waals surface area contributed by atoms with Crippen molar-refractivity contribution in [3.63, 3.8) is 0 Å². The molecule has 0 atom stereocenters. The summed E-state index contributed by atoms with van der Waals surface area (Å²) in [6.45, 7) is 2.88. The SMILES string of the molecule is O=C(c1ccccc1)N1CCC(C(=O)N2CCc3cc4c(cc3C2)OCO4)CC1. The topological polar surface area (TPSA) is 59.1 Å². The minimum absolute atomic E-state index is 0.00890. The Balaban J connectivity index is 1.21. The molecule has 2 amide bonds. The number of carbonyl (C=O) groups is 2. The molecule has 5 rings (SSSR count). The Morgan fingerprint density at radius 1 is 0.862 bits per heavy atom. The summed E-state index contributed by atoms with van der Waals surface area (Å²) in [5.74, 6) is 1.83. The predicted molar refractivity (Wildman–Crippen MR) is 107 cm³/mol. The molecule has 3 aliphatic rings. The van der Waals surface area contributed by atoms with Gasteiger partial charge < -0.3 is 19.3 Å². The predicted octanol–water partition coefficient (Wildman–Crippen LogP) is 2.85. The highest BCUT2D eigenvalue weighted by Crippen LogP contribution is 2.37. The number of ether oxygens (including phenoxy) is 2. The minimum atomic E-state index is -0.00890. The molecule has 1 fully saturated rings. The molecule has 0 N–H and O–H groups in total. The molecule has 1 saturated heterocycles. The van der Waals surface area contributed by atoms with Crippen LogP contribution in [0, 0.1) is 5.92 Å². The van der Waals surface area contributed by atoms with Gasteiger partial charge >= 0.3 is 0 Å². The Labute approximate surface area is 170 Å². The van der Waals surface area contributed by atoms with E-state index in [0.717, 1.165) is 42.9 Å². The van der Waals surface area contributed by atoms with Gasteiger partial charge in [0.2, 0.25) is 12.7 Å². The van der Waals surface area contributed by atoms with E-state index in [0.29, 0.717) is 25.2 Å². The molecule has 2 aromatic rings. The van der Waals surface area contributed by atoms with Crippen molar-refractivity contribution < 1.29 is 19.1 Å². The highest BCUT2D eigenvalue weighted by Gasteiger charge is 2.32. The van der Waals surface area contributed by atoms with Crippen LogP contribution in [0.1, 0.15) is 34.3 Å². The standard InChI is InChI=1S/C23H24N2O4/c26-22(16-4-2-1-3-5-16)24-9-6-17(7-10-24)23(27)25-11-8-18-12-20-21(29-15-28-20)13-19(18)14-25/h1-5,12-13,17H,6-11,14-15H2. The molecule has 0 aromatic heterocycles. The molecule has 0 aliphatic carbocycles. The van der Waals surface area contributed by atoms with Crippen molar-refractivity contribution in [3.05, 3.63) is 59.2 Å². The van der Waals surface area contributed by atoms with E-state index >= 15 is 0 Å². The average molecular weight is 392 g/mol. The van der Waals surface area contributed by atoms with Gasteiger partial charge in [0.1, 0.15) is 0 Å². The summed E-state index contributed by atoms with van der Waals surface area (Å²) in [4.78, 5) is 29.6. The molecule has 150 valence electrons. The van der Waals surface area contributed by atoms with Gasteiger partial charge in [-0.1, -0.05) is 18.2 Å². The summed E-state index contributed by atoms with van der Waals surface area (Å²) < 4.78 is 10.9. The lowest BCUT2D eigenvalue weighted by atomic mass is 9.92. The smallest absolute Gasteiger partial charge is 0.253 e. The Bertz CT molecular complexity index is 935. The third kappa shape index (κ3) is 3.43. The summed E-state index contributed by atoms with van der Waals surface area (Å²) >= 11 is 0. The van der Waals surface area contributed by atoms with Crippen LogP contribution in [0.4, 0.5) is 0 Å².